The highest BCUT2D eigenvalue weighted by Crippen LogP contribution is 2.14. The molecule has 4 nitrogen and oxygen atoms in total. The molecule has 364 valence electrons. The van der Waals surface area contributed by atoms with Gasteiger partial charge in [-0.1, -0.05) is 245 Å². The maximum atomic E-state index is 12.5. The maximum Gasteiger partial charge on any atom is 0.220 e. The van der Waals surface area contributed by atoms with Crippen molar-refractivity contribution in [2.24, 2.45) is 0 Å². The SMILES string of the molecule is CC/C=C\C/C=C\C/C=C\C/C=C\C/C=C\C/C=C\C/C=C\CCCCCCCCCCCCCC(=O)NC(CO)C(O)/C=C/CC/C=C/CC/C=C/CCCCCCCCCCC. The standard InChI is InChI=1S/C60H101NO3/c1-3-5-7-9-11-13-15-17-19-21-23-24-25-26-27-28-29-30-31-32-33-34-35-36-38-40-42-44-46-48-50-52-54-56-60(64)61-58(57-62)59(63)55-53-51-49-47-45-43-41-39-37-22-20-18-16-14-12-10-8-6-4-2/h5,7,11,13,17,19,23-24,26-27,29-30,32-33,37,39,45,47,53,55,58-59,62-63H,3-4,6,8-10,12,14-16,18,20-22,25,28,31,34-36,38,40-44,46,48-52,54,56-57H2,1-2H3,(H,61,64)/b7-5-,13-11-,19-17-,24-23-,27-26-,30-29-,33-32-,39-37+,47-45+,55-53+. The van der Waals surface area contributed by atoms with Gasteiger partial charge in [-0.3, -0.25) is 4.79 Å². The Morgan fingerprint density at radius 1 is 0.391 bits per heavy atom. The van der Waals surface area contributed by atoms with E-state index in [-0.39, 0.29) is 12.5 Å². The number of carbonyl (C=O) groups is 1. The molecule has 3 N–H and O–H groups in total. The topological polar surface area (TPSA) is 69.6 Å². The van der Waals surface area contributed by atoms with Gasteiger partial charge >= 0.3 is 0 Å². The van der Waals surface area contributed by atoms with E-state index in [1.54, 1.807) is 6.08 Å². The van der Waals surface area contributed by atoms with E-state index in [9.17, 15) is 15.0 Å². The van der Waals surface area contributed by atoms with E-state index >= 15 is 0 Å². The lowest BCUT2D eigenvalue weighted by Crippen LogP contribution is -2.45. The van der Waals surface area contributed by atoms with Crippen LogP contribution in [0.4, 0.5) is 0 Å². The van der Waals surface area contributed by atoms with Crippen molar-refractivity contribution >= 4 is 5.91 Å². The quantitative estimate of drug-likeness (QED) is 0.0421. The van der Waals surface area contributed by atoms with Crippen LogP contribution in [0.3, 0.4) is 0 Å². The first kappa shape index (κ1) is 60.8. The Morgan fingerprint density at radius 2 is 0.703 bits per heavy atom. The number of unbranched alkanes of at least 4 members (excludes halogenated alkanes) is 22. The van der Waals surface area contributed by atoms with Crippen molar-refractivity contribution in [2.45, 2.75) is 244 Å². The monoisotopic (exact) mass is 884 g/mol. The molecular weight excluding hydrogens is 783 g/mol. The van der Waals surface area contributed by atoms with Gasteiger partial charge in [-0.05, 0) is 103 Å². The third kappa shape index (κ3) is 49.8. The van der Waals surface area contributed by atoms with E-state index in [0.717, 1.165) is 89.9 Å². The van der Waals surface area contributed by atoms with Crippen molar-refractivity contribution in [3.8, 4) is 0 Å². The second kappa shape index (κ2) is 54.1. The molecular formula is C60H101NO3. The number of hydrogen-bond donors (Lipinski definition) is 3. The summed E-state index contributed by atoms with van der Waals surface area (Å²) in [5.74, 6) is -0.0861. The maximum absolute atomic E-state index is 12.5. The number of rotatable bonds is 47. The summed E-state index contributed by atoms with van der Waals surface area (Å²) in [6, 6.07) is -0.655. The number of amides is 1. The molecule has 0 aromatic carbocycles. The fraction of sp³-hybridized carbons (Fsp3) is 0.650. The van der Waals surface area contributed by atoms with Crippen LogP contribution in [0.25, 0.3) is 0 Å². The van der Waals surface area contributed by atoms with E-state index < -0.39 is 12.1 Å². The minimum atomic E-state index is -0.879. The highest BCUT2D eigenvalue weighted by atomic mass is 16.3. The predicted octanol–water partition coefficient (Wildman–Crippen LogP) is 17.7. The highest BCUT2D eigenvalue weighted by Gasteiger charge is 2.17. The van der Waals surface area contributed by atoms with E-state index in [2.05, 4.69) is 129 Å². The summed E-state index contributed by atoms with van der Waals surface area (Å²) < 4.78 is 0. The Hall–Kier alpha value is -3.21. The first-order valence-electron chi connectivity index (χ1n) is 26.7. The van der Waals surface area contributed by atoms with Crippen LogP contribution in [0.1, 0.15) is 232 Å². The number of hydrogen-bond acceptors (Lipinski definition) is 3. The molecule has 0 saturated carbocycles. The third-order valence-corrected chi connectivity index (χ3v) is 11.4. The van der Waals surface area contributed by atoms with Crippen molar-refractivity contribution in [2.75, 3.05) is 6.61 Å². The molecule has 0 aliphatic carbocycles. The average molecular weight is 884 g/mol. The van der Waals surface area contributed by atoms with Crippen LogP contribution in [0.5, 0.6) is 0 Å². The van der Waals surface area contributed by atoms with Crippen LogP contribution in [0, 0.1) is 0 Å². The molecule has 0 fully saturated rings. The number of aliphatic hydroxyl groups excluding tert-OH is 2. The van der Waals surface area contributed by atoms with Crippen molar-refractivity contribution in [3.05, 3.63) is 122 Å². The summed E-state index contributed by atoms with van der Waals surface area (Å²) >= 11 is 0. The second-order valence-corrected chi connectivity index (χ2v) is 17.5. The minimum Gasteiger partial charge on any atom is -0.394 e. The fourth-order valence-corrected chi connectivity index (χ4v) is 7.37. The molecule has 2 atom stereocenters. The number of carbonyl (C=O) groups excluding carboxylic acids is 1. The predicted molar refractivity (Wildman–Crippen MR) is 285 cm³/mol. The Kier molecular flexibility index (Phi) is 51.4. The number of allylic oxidation sites excluding steroid dienone is 19. The lowest BCUT2D eigenvalue weighted by Gasteiger charge is -2.19. The van der Waals surface area contributed by atoms with Crippen molar-refractivity contribution < 1.29 is 15.0 Å². The molecule has 0 heterocycles. The van der Waals surface area contributed by atoms with Crippen molar-refractivity contribution in [3.63, 3.8) is 0 Å². The molecule has 0 radical (unpaired) electrons. The molecule has 4 heteroatoms. The van der Waals surface area contributed by atoms with Crippen molar-refractivity contribution in [1.82, 2.24) is 5.32 Å². The Labute approximate surface area is 397 Å². The summed E-state index contributed by atoms with van der Waals surface area (Å²) in [6.07, 6.45) is 83.4. The number of nitrogens with one attached hydrogen (secondary N) is 1. The van der Waals surface area contributed by atoms with Crippen LogP contribution in [-0.2, 0) is 4.79 Å². The van der Waals surface area contributed by atoms with Gasteiger partial charge in [-0.25, -0.2) is 0 Å². The van der Waals surface area contributed by atoms with Gasteiger partial charge in [0.2, 0.25) is 5.91 Å². The normalized spacial score (nSPS) is 13.9. The molecule has 0 aromatic heterocycles. The summed E-state index contributed by atoms with van der Waals surface area (Å²) in [5, 5.41) is 23.1. The van der Waals surface area contributed by atoms with Gasteiger partial charge in [0.25, 0.3) is 0 Å². The zero-order chi connectivity index (χ0) is 46.3. The van der Waals surface area contributed by atoms with E-state index in [0.29, 0.717) is 6.42 Å². The molecule has 0 saturated heterocycles. The molecule has 0 aliphatic heterocycles. The first-order valence-corrected chi connectivity index (χ1v) is 26.7. The molecule has 1 amide bonds. The van der Waals surface area contributed by atoms with Crippen LogP contribution in [-0.4, -0.2) is 34.9 Å². The smallest absolute Gasteiger partial charge is 0.220 e. The van der Waals surface area contributed by atoms with Crippen LogP contribution < -0.4 is 5.32 Å². The second-order valence-electron chi connectivity index (χ2n) is 17.5. The van der Waals surface area contributed by atoms with Gasteiger partial charge in [0.15, 0.2) is 0 Å². The molecule has 64 heavy (non-hydrogen) atoms. The summed E-state index contributed by atoms with van der Waals surface area (Å²) in [6.45, 7) is 4.17. The Bertz CT molecular complexity index is 1280. The lowest BCUT2D eigenvalue weighted by atomic mass is 10.0. The van der Waals surface area contributed by atoms with E-state index in [1.807, 2.05) is 6.08 Å². The number of aliphatic hydroxyl groups is 2. The van der Waals surface area contributed by atoms with Crippen LogP contribution in [0.2, 0.25) is 0 Å². The molecule has 0 aliphatic rings. The van der Waals surface area contributed by atoms with Gasteiger partial charge < -0.3 is 15.5 Å². The van der Waals surface area contributed by atoms with Gasteiger partial charge in [0.05, 0.1) is 18.8 Å². The first-order chi connectivity index (χ1) is 31.7. The van der Waals surface area contributed by atoms with Gasteiger partial charge in [0.1, 0.15) is 0 Å². The largest absolute Gasteiger partial charge is 0.394 e. The summed E-state index contributed by atoms with van der Waals surface area (Å²) in [7, 11) is 0. The zero-order valence-electron chi connectivity index (χ0n) is 41.8. The van der Waals surface area contributed by atoms with Gasteiger partial charge in [-0.2, -0.15) is 0 Å². The molecule has 0 bridgehead atoms. The van der Waals surface area contributed by atoms with Crippen LogP contribution in [0.15, 0.2) is 122 Å². The minimum absolute atomic E-state index is 0.0861. The zero-order valence-corrected chi connectivity index (χ0v) is 41.8. The summed E-state index contributed by atoms with van der Waals surface area (Å²) in [5.41, 5.74) is 0. The van der Waals surface area contributed by atoms with Crippen LogP contribution >= 0.6 is 0 Å². The average Bonchev–Trinajstić information content (AvgIpc) is 3.30. The molecule has 0 spiro atoms. The summed E-state index contributed by atoms with van der Waals surface area (Å²) in [4.78, 5) is 12.5. The van der Waals surface area contributed by atoms with Crippen molar-refractivity contribution in [1.29, 1.82) is 0 Å². The molecule has 0 rings (SSSR count). The molecule has 0 aromatic rings. The lowest BCUT2D eigenvalue weighted by molar-refractivity contribution is -0.123. The molecule has 2 unspecified atom stereocenters. The van der Waals surface area contributed by atoms with E-state index in [4.69, 9.17) is 0 Å². The fourth-order valence-electron chi connectivity index (χ4n) is 7.37. The van der Waals surface area contributed by atoms with Gasteiger partial charge in [-0.15, -0.1) is 0 Å². The Balaban J connectivity index is 3.63. The van der Waals surface area contributed by atoms with E-state index in [1.165, 1.54) is 122 Å². The third-order valence-electron chi connectivity index (χ3n) is 11.4. The highest BCUT2D eigenvalue weighted by molar-refractivity contribution is 5.76. The van der Waals surface area contributed by atoms with Gasteiger partial charge in [0, 0.05) is 6.42 Å². The Morgan fingerprint density at radius 3 is 1.09 bits per heavy atom.